The average Bonchev–Trinajstić information content (AvgIpc) is 3.00. The van der Waals surface area contributed by atoms with E-state index in [0.717, 1.165) is 65.7 Å². The first-order valence-electron chi connectivity index (χ1n) is 9.14. The molecule has 2 heterocycles. The maximum Gasteiger partial charge on any atom is 0.152 e. The Morgan fingerprint density at radius 1 is 1.31 bits per heavy atom. The molecule has 3 rings (SSSR count). The number of unbranched alkanes of at least 4 members (excludes halogenated alkanes) is 1. The van der Waals surface area contributed by atoms with Crippen molar-refractivity contribution < 1.29 is 4.84 Å². The molecule has 0 bridgehead atoms. The van der Waals surface area contributed by atoms with Gasteiger partial charge < -0.3 is 10.3 Å². The number of imidazole rings is 1. The fraction of sp³-hybridized carbons (Fsp3) is 0.400. The third kappa shape index (κ3) is 3.65. The minimum atomic E-state index is 0.503. The van der Waals surface area contributed by atoms with Crippen molar-refractivity contribution in [1.82, 2.24) is 20.0 Å². The lowest BCUT2D eigenvalue weighted by Crippen LogP contribution is -2.09. The predicted molar refractivity (Wildman–Crippen MR) is 107 cm³/mol. The van der Waals surface area contributed by atoms with Crippen molar-refractivity contribution >= 4 is 27.8 Å². The summed E-state index contributed by atoms with van der Waals surface area (Å²) in [6.07, 6.45) is 6.19. The second kappa shape index (κ2) is 8.19. The van der Waals surface area contributed by atoms with E-state index in [9.17, 15) is 0 Å². The number of rotatable bonds is 8. The maximum atomic E-state index is 6.22. The van der Waals surface area contributed by atoms with Crippen LogP contribution in [0, 0.1) is 0 Å². The first kappa shape index (κ1) is 18.2. The number of fused-ring (bicyclic) bond motifs is 3. The lowest BCUT2D eigenvalue weighted by atomic mass is 10.2. The van der Waals surface area contributed by atoms with Crippen LogP contribution in [0.5, 0.6) is 0 Å². The molecule has 0 fully saturated rings. The van der Waals surface area contributed by atoms with Gasteiger partial charge in [-0.25, -0.2) is 9.97 Å². The monoisotopic (exact) mass is 353 g/mol. The second-order valence-electron chi connectivity index (χ2n) is 6.48. The van der Waals surface area contributed by atoms with Crippen molar-refractivity contribution in [2.75, 3.05) is 12.8 Å². The summed E-state index contributed by atoms with van der Waals surface area (Å²) in [5.74, 6) is 1.58. The van der Waals surface area contributed by atoms with Gasteiger partial charge in [0.25, 0.3) is 0 Å². The van der Waals surface area contributed by atoms with Crippen LogP contribution in [-0.4, -0.2) is 21.6 Å². The van der Waals surface area contributed by atoms with Gasteiger partial charge in [0.15, 0.2) is 5.82 Å². The van der Waals surface area contributed by atoms with Crippen molar-refractivity contribution in [3.8, 4) is 0 Å². The van der Waals surface area contributed by atoms with Gasteiger partial charge in [-0.3, -0.25) is 10.3 Å². The normalized spacial score (nSPS) is 12.2. The Bertz CT molecular complexity index is 929. The van der Waals surface area contributed by atoms with Crippen LogP contribution in [0.2, 0.25) is 0 Å². The Morgan fingerprint density at radius 3 is 2.88 bits per heavy atom. The highest BCUT2D eigenvalue weighted by atomic mass is 16.6. The minimum Gasteiger partial charge on any atom is -0.382 e. The van der Waals surface area contributed by atoms with E-state index in [1.807, 2.05) is 25.1 Å². The van der Waals surface area contributed by atoms with Crippen LogP contribution in [0.4, 0.5) is 5.82 Å². The summed E-state index contributed by atoms with van der Waals surface area (Å²) in [6, 6.07) is 8.12. The molecule has 6 heteroatoms. The standard InChI is InChI=1S/C20H27N5O/c1-4-5-12-17-23-18-19(25(17)13-8-9-14(2)24-26-3)15-10-6-7-11-16(15)22-20(18)21/h6-7,9-11,24H,4-5,8,12-13H2,1-3H3,(H2,21,22). The quantitative estimate of drug-likeness (QED) is 0.600. The van der Waals surface area contributed by atoms with Gasteiger partial charge in [-0.2, -0.15) is 0 Å². The molecule has 0 amide bonds. The molecule has 1 aromatic carbocycles. The minimum absolute atomic E-state index is 0.503. The highest BCUT2D eigenvalue weighted by molar-refractivity contribution is 6.06. The molecule has 0 aliphatic carbocycles. The number of para-hydroxylation sites is 1. The first-order chi connectivity index (χ1) is 12.7. The largest absolute Gasteiger partial charge is 0.382 e. The summed E-state index contributed by atoms with van der Waals surface area (Å²) in [6.45, 7) is 5.03. The molecule has 2 aromatic heterocycles. The Balaban J connectivity index is 2.08. The van der Waals surface area contributed by atoms with Gasteiger partial charge in [0.1, 0.15) is 11.3 Å². The van der Waals surface area contributed by atoms with Gasteiger partial charge in [-0.1, -0.05) is 37.6 Å². The number of aromatic nitrogens is 3. The van der Waals surface area contributed by atoms with Crippen LogP contribution in [0.1, 0.15) is 38.9 Å². The van der Waals surface area contributed by atoms with Crippen molar-refractivity contribution in [2.45, 2.75) is 46.1 Å². The van der Waals surface area contributed by atoms with E-state index in [4.69, 9.17) is 15.6 Å². The van der Waals surface area contributed by atoms with E-state index >= 15 is 0 Å². The molecule has 0 aliphatic rings. The Labute approximate surface area is 154 Å². The average molecular weight is 353 g/mol. The van der Waals surface area contributed by atoms with Crippen LogP contribution >= 0.6 is 0 Å². The molecule has 0 unspecified atom stereocenters. The number of allylic oxidation sites excluding steroid dienone is 2. The molecule has 0 saturated heterocycles. The van der Waals surface area contributed by atoms with E-state index < -0.39 is 0 Å². The molecule has 0 radical (unpaired) electrons. The van der Waals surface area contributed by atoms with Crippen molar-refractivity contribution in [1.29, 1.82) is 0 Å². The van der Waals surface area contributed by atoms with E-state index in [-0.39, 0.29) is 0 Å². The summed E-state index contributed by atoms with van der Waals surface area (Å²) in [7, 11) is 1.62. The van der Waals surface area contributed by atoms with Crippen molar-refractivity contribution in [2.24, 2.45) is 0 Å². The van der Waals surface area contributed by atoms with E-state index in [0.29, 0.717) is 5.82 Å². The SMILES string of the molecule is CCCCc1nc2c(N)nc3ccccc3c2n1CCC=C(C)NOC. The third-order valence-corrected chi connectivity index (χ3v) is 4.51. The highest BCUT2D eigenvalue weighted by Crippen LogP contribution is 2.29. The van der Waals surface area contributed by atoms with Crippen LogP contribution < -0.4 is 11.2 Å². The van der Waals surface area contributed by atoms with Gasteiger partial charge >= 0.3 is 0 Å². The summed E-state index contributed by atoms with van der Waals surface area (Å²) in [4.78, 5) is 14.3. The topological polar surface area (TPSA) is 78.0 Å². The van der Waals surface area contributed by atoms with Crippen molar-refractivity contribution in [3.05, 3.63) is 41.9 Å². The number of nitrogens with one attached hydrogen (secondary N) is 1. The van der Waals surface area contributed by atoms with Gasteiger partial charge in [0, 0.05) is 24.0 Å². The van der Waals surface area contributed by atoms with Gasteiger partial charge in [-0.15, -0.1) is 0 Å². The zero-order chi connectivity index (χ0) is 18.5. The summed E-state index contributed by atoms with van der Waals surface area (Å²) < 4.78 is 2.31. The zero-order valence-corrected chi connectivity index (χ0v) is 15.7. The van der Waals surface area contributed by atoms with E-state index in [2.05, 4.69) is 34.1 Å². The van der Waals surface area contributed by atoms with Crippen LogP contribution in [-0.2, 0) is 17.8 Å². The Kier molecular flexibility index (Phi) is 5.73. The predicted octanol–water partition coefficient (Wildman–Crippen LogP) is 3.95. The smallest absolute Gasteiger partial charge is 0.152 e. The van der Waals surface area contributed by atoms with E-state index in [1.165, 1.54) is 0 Å². The van der Waals surface area contributed by atoms with Crippen LogP contribution in [0.15, 0.2) is 36.0 Å². The molecule has 0 aliphatic heterocycles. The summed E-state index contributed by atoms with van der Waals surface area (Å²) in [5, 5.41) is 1.10. The van der Waals surface area contributed by atoms with Crippen LogP contribution in [0.3, 0.4) is 0 Å². The number of benzene rings is 1. The van der Waals surface area contributed by atoms with Gasteiger partial charge in [0.2, 0.25) is 0 Å². The second-order valence-corrected chi connectivity index (χ2v) is 6.48. The molecule has 0 spiro atoms. The Morgan fingerprint density at radius 2 is 2.12 bits per heavy atom. The molecule has 138 valence electrons. The van der Waals surface area contributed by atoms with Crippen LogP contribution in [0.25, 0.3) is 21.9 Å². The summed E-state index contributed by atoms with van der Waals surface area (Å²) >= 11 is 0. The fourth-order valence-corrected chi connectivity index (χ4v) is 3.28. The first-order valence-corrected chi connectivity index (χ1v) is 9.14. The lowest BCUT2D eigenvalue weighted by Gasteiger charge is -2.10. The number of nitrogens with two attached hydrogens (primary N) is 1. The van der Waals surface area contributed by atoms with Crippen molar-refractivity contribution in [3.63, 3.8) is 0 Å². The molecule has 3 aromatic rings. The highest BCUT2D eigenvalue weighted by Gasteiger charge is 2.16. The zero-order valence-electron chi connectivity index (χ0n) is 15.7. The number of anilines is 1. The number of hydrogen-bond donors (Lipinski definition) is 2. The van der Waals surface area contributed by atoms with Gasteiger partial charge in [0.05, 0.1) is 18.1 Å². The molecular formula is C20H27N5O. The number of nitrogen functional groups attached to an aromatic ring is 1. The number of hydrogen-bond acceptors (Lipinski definition) is 5. The fourth-order valence-electron chi connectivity index (χ4n) is 3.28. The number of nitrogens with zero attached hydrogens (tertiary/aromatic N) is 3. The van der Waals surface area contributed by atoms with E-state index in [1.54, 1.807) is 7.11 Å². The number of aryl methyl sites for hydroxylation is 2. The maximum absolute atomic E-state index is 6.22. The molecule has 0 saturated carbocycles. The Hall–Kier alpha value is -2.60. The molecule has 3 N–H and O–H groups in total. The molecule has 0 atom stereocenters. The molecule has 26 heavy (non-hydrogen) atoms. The molecule has 6 nitrogen and oxygen atoms in total. The van der Waals surface area contributed by atoms with Gasteiger partial charge in [-0.05, 0) is 25.8 Å². The third-order valence-electron chi connectivity index (χ3n) is 4.51. The summed E-state index contributed by atoms with van der Waals surface area (Å²) in [5.41, 5.74) is 12.9. The number of hydroxylamine groups is 1. The molecular weight excluding hydrogens is 326 g/mol. The number of pyridine rings is 1. The lowest BCUT2D eigenvalue weighted by molar-refractivity contribution is 0.118.